The summed E-state index contributed by atoms with van der Waals surface area (Å²) < 4.78 is 4.40. The SMILES string of the molecule is CC(C)CC(C)(CN)Nc1nc(C2CC2)ns1. The van der Waals surface area contributed by atoms with Crippen LogP contribution in [0.25, 0.3) is 0 Å². The molecule has 1 heterocycles. The highest BCUT2D eigenvalue weighted by Crippen LogP contribution is 2.39. The van der Waals surface area contributed by atoms with Crippen LogP contribution in [0, 0.1) is 5.92 Å². The van der Waals surface area contributed by atoms with Gasteiger partial charge in [0.05, 0.1) is 0 Å². The lowest BCUT2D eigenvalue weighted by Gasteiger charge is -2.30. The Morgan fingerprint density at radius 1 is 1.53 bits per heavy atom. The number of hydrogen-bond acceptors (Lipinski definition) is 5. The quantitative estimate of drug-likeness (QED) is 0.819. The summed E-state index contributed by atoms with van der Waals surface area (Å²) in [6, 6.07) is 0. The zero-order valence-corrected chi connectivity index (χ0v) is 11.7. The number of nitrogens with zero attached hydrogens (tertiary/aromatic N) is 2. The topological polar surface area (TPSA) is 63.8 Å². The first-order valence-corrected chi connectivity index (χ1v) is 7.11. The summed E-state index contributed by atoms with van der Waals surface area (Å²) in [5, 5.41) is 4.38. The van der Waals surface area contributed by atoms with E-state index in [-0.39, 0.29) is 5.54 Å². The highest BCUT2D eigenvalue weighted by atomic mass is 32.1. The average molecular weight is 254 g/mol. The molecule has 1 atom stereocenters. The second kappa shape index (κ2) is 4.90. The van der Waals surface area contributed by atoms with Crippen molar-refractivity contribution in [3.8, 4) is 0 Å². The first-order chi connectivity index (χ1) is 8.02. The van der Waals surface area contributed by atoms with Crippen molar-refractivity contribution in [3.05, 3.63) is 5.82 Å². The van der Waals surface area contributed by atoms with Gasteiger partial charge >= 0.3 is 0 Å². The van der Waals surface area contributed by atoms with Crippen molar-refractivity contribution in [1.82, 2.24) is 9.36 Å². The van der Waals surface area contributed by atoms with Gasteiger partial charge in [-0.05, 0) is 32.1 Å². The highest BCUT2D eigenvalue weighted by Gasteiger charge is 2.29. The fraction of sp³-hybridized carbons (Fsp3) is 0.833. The fourth-order valence-corrected chi connectivity index (χ4v) is 2.93. The zero-order valence-electron chi connectivity index (χ0n) is 10.9. The summed E-state index contributed by atoms with van der Waals surface area (Å²) >= 11 is 1.46. The van der Waals surface area contributed by atoms with E-state index in [9.17, 15) is 0 Å². The van der Waals surface area contributed by atoms with Crippen molar-refractivity contribution in [3.63, 3.8) is 0 Å². The first kappa shape index (κ1) is 12.8. The van der Waals surface area contributed by atoms with E-state index in [1.807, 2.05) is 0 Å². The van der Waals surface area contributed by atoms with Gasteiger partial charge in [0.1, 0.15) is 5.82 Å². The largest absolute Gasteiger partial charge is 0.354 e. The molecule has 1 aromatic heterocycles. The summed E-state index contributed by atoms with van der Waals surface area (Å²) in [5.41, 5.74) is 5.80. The van der Waals surface area contributed by atoms with Crippen molar-refractivity contribution in [2.75, 3.05) is 11.9 Å². The van der Waals surface area contributed by atoms with Crippen LogP contribution < -0.4 is 11.1 Å². The van der Waals surface area contributed by atoms with Crippen LogP contribution in [0.4, 0.5) is 5.13 Å². The molecule has 4 nitrogen and oxygen atoms in total. The van der Waals surface area contributed by atoms with Gasteiger partial charge < -0.3 is 11.1 Å². The smallest absolute Gasteiger partial charge is 0.203 e. The number of hydrogen-bond donors (Lipinski definition) is 2. The van der Waals surface area contributed by atoms with Crippen molar-refractivity contribution >= 4 is 16.7 Å². The molecule has 0 aliphatic heterocycles. The second-order valence-electron chi connectivity index (χ2n) is 5.72. The Labute approximate surface area is 107 Å². The van der Waals surface area contributed by atoms with Gasteiger partial charge in [-0.25, -0.2) is 4.98 Å². The molecule has 0 spiro atoms. The minimum absolute atomic E-state index is 0.0749. The Balaban J connectivity index is 2.00. The fourth-order valence-electron chi connectivity index (χ4n) is 2.14. The molecule has 1 aliphatic carbocycles. The molecule has 0 radical (unpaired) electrons. The molecule has 1 aromatic rings. The maximum absolute atomic E-state index is 5.88. The van der Waals surface area contributed by atoms with E-state index < -0.39 is 0 Å². The predicted molar refractivity (Wildman–Crippen MR) is 72.4 cm³/mol. The lowest BCUT2D eigenvalue weighted by Crippen LogP contribution is -2.43. The molecule has 17 heavy (non-hydrogen) atoms. The maximum atomic E-state index is 5.88. The molecule has 1 fully saturated rings. The summed E-state index contributed by atoms with van der Waals surface area (Å²) in [6.45, 7) is 7.20. The molecular weight excluding hydrogens is 232 g/mol. The first-order valence-electron chi connectivity index (χ1n) is 6.34. The Kier molecular flexibility index (Phi) is 3.68. The average Bonchev–Trinajstić information content (AvgIpc) is 3.00. The number of nitrogens with two attached hydrogens (primary N) is 1. The minimum Gasteiger partial charge on any atom is -0.354 e. The van der Waals surface area contributed by atoms with Crippen LogP contribution in [0.2, 0.25) is 0 Å². The third-order valence-corrected chi connectivity index (χ3v) is 3.75. The molecule has 1 saturated carbocycles. The normalized spacial score (nSPS) is 19.4. The van der Waals surface area contributed by atoms with Crippen LogP contribution in [-0.2, 0) is 0 Å². The van der Waals surface area contributed by atoms with Gasteiger partial charge in [-0.1, -0.05) is 13.8 Å². The van der Waals surface area contributed by atoms with Crippen LogP contribution in [-0.4, -0.2) is 21.4 Å². The van der Waals surface area contributed by atoms with Gasteiger partial charge in [0.2, 0.25) is 5.13 Å². The van der Waals surface area contributed by atoms with Gasteiger partial charge in [-0.15, -0.1) is 0 Å². The van der Waals surface area contributed by atoms with Gasteiger partial charge in [-0.3, -0.25) is 0 Å². The number of aromatic nitrogens is 2. The Morgan fingerprint density at radius 3 is 2.76 bits per heavy atom. The van der Waals surface area contributed by atoms with E-state index in [1.165, 1.54) is 24.4 Å². The van der Waals surface area contributed by atoms with E-state index in [0.29, 0.717) is 18.4 Å². The molecule has 0 saturated heterocycles. The van der Waals surface area contributed by atoms with Crippen molar-refractivity contribution in [2.45, 2.75) is 51.5 Å². The van der Waals surface area contributed by atoms with E-state index in [4.69, 9.17) is 5.73 Å². The highest BCUT2D eigenvalue weighted by molar-refractivity contribution is 7.09. The molecular formula is C12H22N4S. The zero-order chi connectivity index (χ0) is 12.5. The van der Waals surface area contributed by atoms with Crippen LogP contribution in [0.1, 0.15) is 51.8 Å². The van der Waals surface area contributed by atoms with Gasteiger partial charge in [0.15, 0.2) is 0 Å². The van der Waals surface area contributed by atoms with Gasteiger partial charge in [0, 0.05) is 29.5 Å². The molecule has 1 unspecified atom stereocenters. The summed E-state index contributed by atoms with van der Waals surface area (Å²) in [5.74, 6) is 2.25. The molecule has 3 N–H and O–H groups in total. The van der Waals surface area contributed by atoms with Crippen LogP contribution in [0.15, 0.2) is 0 Å². The molecule has 96 valence electrons. The number of nitrogens with one attached hydrogen (secondary N) is 1. The third kappa shape index (κ3) is 3.39. The Morgan fingerprint density at radius 2 is 2.24 bits per heavy atom. The molecule has 0 aromatic carbocycles. The van der Waals surface area contributed by atoms with E-state index >= 15 is 0 Å². The monoisotopic (exact) mass is 254 g/mol. The molecule has 0 bridgehead atoms. The molecule has 1 aliphatic rings. The lowest BCUT2D eigenvalue weighted by atomic mass is 9.91. The lowest BCUT2D eigenvalue weighted by molar-refractivity contribution is 0.407. The number of rotatable bonds is 6. The second-order valence-corrected chi connectivity index (χ2v) is 6.47. The maximum Gasteiger partial charge on any atom is 0.203 e. The summed E-state index contributed by atoms with van der Waals surface area (Å²) in [7, 11) is 0. The third-order valence-electron chi connectivity index (χ3n) is 3.10. The van der Waals surface area contributed by atoms with Crippen molar-refractivity contribution < 1.29 is 0 Å². The van der Waals surface area contributed by atoms with Gasteiger partial charge in [-0.2, -0.15) is 4.37 Å². The van der Waals surface area contributed by atoms with Crippen molar-refractivity contribution in [1.29, 1.82) is 0 Å². The Hall–Kier alpha value is -0.680. The molecule has 0 amide bonds. The van der Waals surface area contributed by atoms with Crippen molar-refractivity contribution in [2.24, 2.45) is 11.7 Å². The van der Waals surface area contributed by atoms with Crippen LogP contribution >= 0.6 is 11.5 Å². The van der Waals surface area contributed by atoms with Crippen LogP contribution in [0.3, 0.4) is 0 Å². The molecule has 2 rings (SSSR count). The minimum atomic E-state index is -0.0749. The summed E-state index contributed by atoms with van der Waals surface area (Å²) in [4.78, 5) is 4.55. The number of anilines is 1. The van der Waals surface area contributed by atoms with E-state index in [1.54, 1.807) is 0 Å². The van der Waals surface area contributed by atoms with E-state index in [0.717, 1.165) is 17.4 Å². The summed E-state index contributed by atoms with van der Waals surface area (Å²) in [6.07, 6.45) is 3.54. The predicted octanol–water partition coefficient (Wildman–Crippen LogP) is 2.59. The molecule has 5 heteroatoms. The van der Waals surface area contributed by atoms with Crippen LogP contribution in [0.5, 0.6) is 0 Å². The van der Waals surface area contributed by atoms with E-state index in [2.05, 4.69) is 35.4 Å². The Bertz CT molecular complexity index is 372. The standard InChI is InChI=1S/C12H22N4S/c1-8(2)6-12(3,7-13)15-11-14-10(16-17-11)9-4-5-9/h8-9H,4-7,13H2,1-3H3,(H,14,15,16). The van der Waals surface area contributed by atoms with Gasteiger partial charge in [0.25, 0.3) is 0 Å².